The van der Waals surface area contributed by atoms with Gasteiger partial charge in [-0.2, -0.15) is 4.39 Å². The van der Waals surface area contributed by atoms with Crippen molar-refractivity contribution in [3.63, 3.8) is 0 Å². The van der Waals surface area contributed by atoms with Gasteiger partial charge >= 0.3 is 5.69 Å². The summed E-state index contributed by atoms with van der Waals surface area (Å²) in [6.45, 7) is 1.79. The molecule has 0 N–H and O–H groups in total. The molecule has 16 heavy (non-hydrogen) atoms. The second kappa shape index (κ2) is 5.21. The Labute approximate surface area is 96.2 Å². The van der Waals surface area contributed by atoms with E-state index in [2.05, 4.69) is 0 Å². The Balaban J connectivity index is 3.19. The van der Waals surface area contributed by atoms with Gasteiger partial charge in [0.15, 0.2) is 0 Å². The molecule has 1 rings (SSSR count). The van der Waals surface area contributed by atoms with E-state index in [1.54, 1.807) is 6.92 Å². The first-order valence-corrected chi connectivity index (χ1v) is 5.15. The normalized spacial score (nSPS) is 12.5. The number of hydrogen-bond acceptors (Lipinski definition) is 2. The highest BCUT2D eigenvalue weighted by atomic mass is 35.5. The minimum absolute atomic E-state index is 0.00986. The van der Waals surface area contributed by atoms with Gasteiger partial charge in [-0.3, -0.25) is 10.1 Å². The maximum absolute atomic E-state index is 13.2. The average Bonchev–Trinajstić information content (AvgIpc) is 2.15. The SMILES string of the molecule is CCC(Cl)Cc1cc(F)cc(F)c1[N+](=O)[O-]. The van der Waals surface area contributed by atoms with Gasteiger partial charge in [0.1, 0.15) is 5.82 Å². The number of nitro benzene ring substituents is 1. The standard InChI is InChI=1S/C10H10ClF2NO2/c1-2-7(11)3-6-4-8(12)5-9(13)10(6)14(15)16/h4-5,7H,2-3H2,1H3. The molecule has 0 spiro atoms. The van der Waals surface area contributed by atoms with Crippen LogP contribution in [0.5, 0.6) is 0 Å². The van der Waals surface area contributed by atoms with Gasteiger partial charge in [0.05, 0.1) is 4.92 Å². The van der Waals surface area contributed by atoms with Crippen LogP contribution in [0.1, 0.15) is 18.9 Å². The lowest BCUT2D eigenvalue weighted by molar-refractivity contribution is -0.388. The van der Waals surface area contributed by atoms with Crippen LogP contribution in [0.2, 0.25) is 0 Å². The van der Waals surface area contributed by atoms with Crippen molar-refractivity contribution in [1.29, 1.82) is 0 Å². The first-order valence-electron chi connectivity index (χ1n) is 4.72. The van der Waals surface area contributed by atoms with Crippen molar-refractivity contribution < 1.29 is 13.7 Å². The Kier molecular flexibility index (Phi) is 4.18. The minimum atomic E-state index is -1.17. The van der Waals surface area contributed by atoms with Gasteiger partial charge in [0, 0.05) is 17.0 Å². The van der Waals surface area contributed by atoms with Gasteiger partial charge in [0.25, 0.3) is 0 Å². The predicted molar refractivity (Wildman–Crippen MR) is 56.6 cm³/mol. The van der Waals surface area contributed by atoms with E-state index in [4.69, 9.17) is 11.6 Å². The Bertz CT molecular complexity index is 412. The third kappa shape index (κ3) is 2.88. The van der Waals surface area contributed by atoms with Crippen molar-refractivity contribution in [3.8, 4) is 0 Å². The van der Waals surface area contributed by atoms with Crippen LogP contribution in [0.25, 0.3) is 0 Å². The Morgan fingerprint density at radius 1 is 1.50 bits per heavy atom. The van der Waals surface area contributed by atoms with E-state index in [0.717, 1.165) is 6.07 Å². The summed E-state index contributed by atoms with van der Waals surface area (Å²) in [5, 5.41) is 10.2. The van der Waals surface area contributed by atoms with Crippen LogP contribution < -0.4 is 0 Å². The summed E-state index contributed by atoms with van der Waals surface area (Å²) in [5.41, 5.74) is -0.704. The molecule has 6 heteroatoms. The second-order valence-electron chi connectivity index (χ2n) is 3.36. The zero-order valence-electron chi connectivity index (χ0n) is 8.54. The number of nitro groups is 1. The highest BCUT2D eigenvalue weighted by molar-refractivity contribution is 6.20. The number of halogens is 3. The molecule has 0 bridgehead atoms. The molecule has 0 aliphatic rings. The molecule has 1 aromatic carbocycles. The predicted octanol–water partition coefficient (Wildman–Crippen LogP) is 3.43. The number of benzene rings is 1. The maximum Gasteiger partial charge on any atom is 0.308 e. The number of nitrogens with zero attached hydrogens (tertiary/aromatic N) is 1. The molecule has 3 nitrogen and oxygen atoms in total. The molecule has 0 saturated carbocycles. The van der Waals surface area contributed by atoms with Crippen molar-refractivity contribution in [2.75, 3.05) is 0 Å². The molecule has 0 heterocycles. The smallest absolute Gasteiger partial charge is 0.258 e. The Hall–Kier alpha value is -1.23. The van der Waals surface area contributed by atoms with Crippen molar-refractivity contribution in [2.24, 2.45) is 0 Å². The van der Waals surface area contributed by atoms with E-state index < -0.39 is 22.2 Å². The number of rotatable bonds is 4. The third-order valence-corrected chi connectivity index (χ3v) is 2.64. The molecule has 0 saturated heterocycles. The Morgan fingerprint density at radius 2 is 2.12 bits per heavy atom. The van der Waals surface area contributed by atoms with E-state index in [-0.39, 0.29) is 17.4 Å². The van der Waals surface area contributed by atoms with E-state index in [1.165, 1.54) is 0 Å². The van der Waals surface area contributed by atoms with Gasteiger partial charge in [0.2, 0.25) is 5.82 Å². The van der Waals surface area contributed by atoms with Crippen molar-refractivity contribution in [2.45, 2.75) is 25.1 Å². The fourth-order valence-electron chi connectivity index (χ4n) is 1.36. The molecule has 88 valence electrons. The maximum atomic E-state index is 13.2. The molecule has 0 aliphatic carbocycles. The summed E-state index contributed by atoms with van der Waals surface area (Å²) >= 11 is 5.81. The van der Waals surface area contributed by atoms with E-state index in [0.29, 0.717) is 12.5 Å². The molecular formula is C10H10ClF2NO2. The van der Waals surface area contributed by atoms with Crippen molar-refractivity contribution >= 4 is 17.3 Å². The fraction of sp³-hybridized carbons (Fsp3) is 0.400. The zero-order valence-corrected chi connectivity index (χ0v) is 9.30. The van der Waals surface area contributed by atoms with Crippen LogP contribution in [0, 0.1) is 21.7 Å². The number of alkyl halides is 1. The summed E-state index contributed by atoms with van der Waals surface area (Å²) in [6.07, 6.45) is 0.639. The highest BCUT2D eigenvalue weighted by Crippen LogP contribution is 2.26. The molecule has 0 radical (unpaired) electrons. The summed E-state index contributed by atoms with van der Waals surface area (Å²) in [7, 11) is 0. The lowest BCUT2D eigenvalue weighted by Crippen LogP contribution is -2.06. The lowest BCUT2D eigenvalue weighted by atomic mass is 10.1. The van der Waals surface area contributed by atoms with Gasteiger partial charge in [-0.15, -0.1) is 11.6 Å². The van der Waals surface area contributed by atoms with Crippen LogP contribution >= 0.6 is 11.6 Å². The van der Waals surface area contributed by atoms with Gasteiger partial charge < -0.3 is 0 Å². The largest absolute Gasteiger partial charge is 0.308 e. The zero-order chi connectivity index (χ0) is 12.3. The van der Waals surface area contributed by atoms with Crippen molar-refractivity contribution in [3.05, 3.63) is 39.4 Å². The quantitative estimate of drug-likeness (QED) is 0.466. The fourth-order valence-corrected chi connectivity index (χ4v) is 1.53. The third-order valence-electron chi connectivity index (χ3n) is 2.17. The van der Waals surface area contributed by atoms with Gasteiger partial charge in [-0.25, -0.2) is 4.39 Å². The first-order chi connectivity index (χ1) is 7.45. The summed E-state index contributed by atoms with van der Waals surface area (Å²) in [4.78, 5) is 9.77. The van der Waals surface area contributed by atoms with Crippen LogP contribution in [-0.2, 0) is 6.42 Å². The molecule has 0 aliphatic heterocycles. The molecule has 1 aromatic rings. The van der Waals surface area contributed by atoms with Crippen molar-refractivity contribution in [1.82, 2.24) is 0 Å². The van der Waals surface area contributed by atoms with Crippen LogP contribution in [0.3, 0.4) is 0 Å². The molecule has 1 atom stereocenters. The van der Waals surface area contributed by atoms with E-state index in [9.17, 15) is 18.9 Å². The summed E-state index contributed by atoms with van der Waals surface area (Å²) in [6, 6.07) is 1.45. The van der Waals surface area contributed by atoms with E-state index >= 15 is 0 Å². The second-order valence-corrected chi connectivity index (χ2v) is 3.98. The summed E-state index contributed by atoms with van der Waals surface area (Å²) < 4.78 is 26.1. The van der Waals surface area contributed by atoms with E-state index in [1.807, 2.05) is 0 Å². The minimum Gasteiger partial charge on any atom is -0.258 e. The monoisotopic (exact) mass is 249 g/mol. The van der Waals surface area contributed by atoms with Gasteiger partial charge in [-0.1, -0.05) is 6.92 Å². The lowest BCUT2D eigenvalue weighted by Gasteiger charge is -2.07. The topological polar surface area (TPSA) is 43.1 Å². The first kappa shape index (κ1) is 12.8. The van der Waals surface area contributed by atoms with Crippen LogP contribution in [0.15, 0.2) is 12.1 Å². The molecule has 1 unspecified atom stereocenters. The van der Waals surface area contributed by atoms with Crippen LogP contribution in [-0.4, -0.2) is 10.3 Å². The Morgan fingerprint density at radius 3 is 2.62 bits per heavy atom. The molecule has 0 amide bonds. The average molecular weight is 250 g/mol. The molecule has 0 aromatic heterocycles. The van der Waals surface area contributed by atoms with Crippen LogP contribution in [0.4, 0.5) is 14.5 Å². The highest BCUT2D eigenvalue weighted by Gasteiger charge is 2.23. The summed E-state index contributed by atoms with van der Waals surface area (Å²) in [5.74, 6) is -2.00. The number of hydrogen-bond donors (Lipinski definition) is 0. The molecular weight excluding hydrogens is 240 g/mol. The molecule has 0 fully saturated rings. The van der Waals surface area contributed by atoms with Gasteiger partial charge in [-0.05, 0) is 18.9 Å².